The maximum absolute atomic E-state index is 11.9. The quantitative estimate of drug-likeness (QED) is 0.465. The van der Waals surface area contributed by atoms with Crippen molar-refractivity contribution >= 4 is 15.7 Å². The number of anilines is 1. The van der Waals surface area contributed by atoms with Crippen molar-refractivity contribution < 1.29 is 13.5 Å². The molecule has 0 aliphatic carbocycles. The van der Waals surface area contributed by atoms with E-state index in [4.69, 9.17) is 5.73 Å². The Morgan fingerprint density at radius 3 is 2.78 bits per heavy atom. The summed E-state index contributed by atoms with van der Waals surface area (Å²) >= 11 is 0. The second-order valence-electron chi connectivity index (χ2n) is 3.63. The minimum Gasteiger partial charge on any atom is -0.506 e. The van der Waals surface area contributed by atoms with Gasteiger partial charge in [0.05, 0.1) is 22.8 Å². The van der Waals surface area contributed by atoms with Gasteiger partial charge in [0.25, 0.3) is 0 Å². The van der Waals surface area contributed by atoms with Gasteiger partial charge in [-0.05, 0) is 24.3 Å². The van der Waals surface area contributed by atoms with Gasteiger partial charge < -0.3 is 10.8 Å². The summed E-state index contributed by atoms with van der Waals surface area (Å²) in [5.41, 5.74) is 6.11. The van der Waals surface area contributed by atoms with Crippen LogP contribution in [0.15, 0.2) is 35.4 Å². The maximum Gasteiger partial charge on any atom is 0.241 e. The van der Waals surface area contributed by atoms with Gasteiger partial charge in [0, 0.05) is 6.20 Å². The van der Waals surface area contributed by atoms with Crippen LogP contribution in [0.5, 0.6) is 5.75 Å². The summed E-state index contributed by atoms with van der Waals surface area (Å²) in [5.74, 6) is -0.150. The van der Waals surface area contributed by atoms with Crippen LogP contribution in [0.4, 0.5) is 5.69 Å². The Labute approximate surface area is 104 Å². The number of nitrogens with two attached hydrogens (primary N) is 1. The first-order valence-corrected chi connectivity index (χ1v) is 6.54. The first kappa shape index (κ1) is 12.4. The molecule has 1 heterocycles. The fourth-order valence-corrected chi connectivity index (χ4v) is 2.38. The van der Waals surface area contributed by atoms with Crippen molar-refractivity contribution in [3.05, 3.63) is 36.2 Å². The molecule has 0 aliphatic heterocycles. The highest BCUT2D eigenvalue weighted by atomic mass is 32.2. The van der Waals surface area contributed by atoms with Crippen LogP contribution in [0.1, 0.15) is 5.69 Å². The van der Waals surface area contributed by atoms with E-state index in [2.05, 4.69) is 14.9 Å². The molecule has 1 aromatic carbocycles. The molecule has 0 spiro atoms. The van der Waals surface area contributed by atoms with Gasteiger partial charge in [-0.15, -0.1) is 0 Å². The molecule has 0 fully saturated rings. The molecule has 0 bridgehead atoms. The van der Waals surface area contributed by atoms with Crippen molar-refractivity contribution in [2.24, 2.45) is 0 Å². The number of benzene rings is 1. The molecule has 1 aromatic heterocycles. The molecule has 96 valence electrons. The lowest BCUT2D eigenvalue weighted by molar-refractivity contribution is 0.477. The van der Waals surface area contributed by atoms with Gasteiger partial charge in [0.15, 0.2) is 0 Å². The summed E-state index contributed by atoms with van der Waals surface area (Å²) < 4.78 is 26.2. The monoisotopic (exact) mass is 268 g/mol. The Morgan fingerprint density at radius 2 is 2.17 bits per heavy atom. The molecular formula is C10H12N4O3S. The van der Waals surface area contributed by atoms with Crippen LogP contribution in [-0.2, 0) is 16.6 Å². The van der Waals surface area contributed by atoms with E-state index < -0.39 is 10.0 Å². The van der Waals surface area contributed by atoms with Crippen molar-refractivity contribution in [3.8, 4) is 5.75 Å². The second-order valence-corrected chi connectivity index (χ2v) is 5.39. The first-order valence-electron chi connectivity index (χ1n) is 5.05. The molecule has 0 radical (unpaired) electrons. The number of nitrogens with zero attached hydrogens (tertiary/aromatic N) is 1. The number of aromatic hydroxyl groups is 1. The standard InChI is InChI=1S/C10H12N4O3S/c11-9-5-8(1-2-10(9)15)18(16,17)13-6-7-3-4-12-14-7/h1-5,13,15H,6,11H2,(H,12,14). The number of nitrogen functional groups attached to an aromatic ring is 1. The van der Waals surface area contributed by atoms with E-state index in [0.29, 0.717) is 5.69 Å². The third-order valence-corrected chi connectivity index (χ3v) is 3.72. The molecule has 0 saturated carbocycles. The average molecular weight is 268 g/mol. The lowest BCUT2D eigenvalue weighted by Gasteiger charge is -2.07. The van der Waals surface area contributed by atoms with E-state index >= 15 is 0 Å². The predicted octanol–water partition coefficient (Wildman–Crippen LogP) is 0.176. The van der Waals surface area contributed by atoms with Crippen LogP contribution in [-0.4, -0.2) is 23.7 Å². The summed E-state index contributed by atoms with van der Waals surface area (Å²) in [6.45, 7) is 0.100. The van der Waals surface area contributed by atoms with E-state index in [-0.39, 0.29) is 22.9 Å². The number of sulfonamides is 1. The fourth-order valence-electron chi connectivity index (χ4n) is 1.34. The fraction of sp³-hybridized carbons (Fsp3) is 0.100. The van der Waals surface area contributed by atoms with E-state index in [0.717, 1.165) is 0 Å². The number of nitrogens with one attached hydrogen (secondary N) is 2. The summed E-state index contributed by atoms with van der Waals surface area (Å²) in [6, 6.07) is 5.37. The summed E-state index contributed by atoms with van der Waals surface area (Å²) in [5, 5.41) is 15.6. The van der Waals surface area contributed by atoms with Crippen LogP contribution in [0.3, 0.4) is 0 Å². The number of aromatic nitrogens is 2. The number of hydrogen-bond acceptors (Lipinski definition) is 5. The molecule has 0 aliphatic rings. The topological polar surface area (TPSA) is 121 Å². The lowest BCUT2D eigenvalue weighted by Crippen LogP contribution is -2.23. The van der Waals surface area contributed by atoms with E-state index in [9.17, 15) is 13.5 Å². The third-order valence-electron chi connectivity index (χ3n) is 2.32. The minimum atomic E-state index is -3.66. The Morgan fingerprint density at radius 1 is 1.39 bits per heavy atom. The number of phenols is 1. The largest absolute Gasteiger partial charge is 0.506 e. The molecule has 0 amide bonds. The van der Waals surface area contributed by atoms with Gasteiger partial charge in [-0.2, -0.15) is 5.10 Å². The molecule has 2 aromatic rings. The van der Waals surface area contributed by atoms with Gasteiger partial charge in [0.1, 0.15) is 5.75 Å². The van der Waals surface area contributed by atoms with Gasteiger partial charge >= 0.3 is 0 Å². The van der Waals surface area contributed by atoms with Crippen LogP contribution < -0.4 is 10.5 Å². The summed E-state index contributed by atoms with van der Waals surface area (Å²) in [7, 11) is -3.66. The van der Waals surface area contributed by atoms with Crippen molar-refractivity contribution in [3.63, 3.8) is 0 Å². The number of hydrogen-bond donors (Lipinski definition) is 4. The van der Waals surface area contributed by atoms with Crippen LogP contribution in [0.2, 0.25) is 0 Å². The van der Waals surface area contributed by atoms with Gasteiger partial charge in [-0.3, -0.25) is 5.10 Å². The zero-order chi connectivity index (χ0) is 13.2. The highest BCUT2D eigenvalue weighted by molar-refractivity contribution is 7.89. The third kappa shape index (κ3) is 2.60. The van der Waals surface area contributed by atoms with Crippen molar-refractivity contribution in [2.45, 2.75) is 11.4 Å². The van der Waals surface area contributed by atoms with E-state index in [1.54, 1.807) is 6.07 Å². The molecule has 0 unspecified atom stereocenters. The van der Waals surface area contributed by atoms with Crippen LogP contribution in [0, 0.1) is 0 Å². The van der Waals surface area contributed by atoms with Gasteiger partial charge in [-0.25, -0.2) is 13.1 Å². The average Bonchev–Trinajstić information content (AvgIpc) is 2.83. The normalized spacial score (nSPS) is 11.6. The smallest absolute Gasteiger partial charge is 0.241 e. The van der Waals surface area contributed by atoms with Crippen molar-refractivity contribution in [1.29, 1.82) is 0 Å². The highest BCUT2D eigenvalue weighted by Crippen LogP contribution is 2.22. The van der Waals surface area contributed by atoms with Gasteiger partial charge in [-0.1, -0.05) is 0 Å². The molecule has 0 saturated heterocycles. The summed E-state index contributed by atoms with van der Waals surface area (Å²) in [6.07, 6.45) is 1.53. The maximum atomic E-state index is 11.9. The Hall–Kier alpha value is -2.06. The minimum absolute atomic E-state index is 0.00249. The number of rotatable bonds is 4. The van der Waals surface area contributed by atoms with Crippen LogP contribution >= 0.6 is 0 Å². The molecule has 7 nitrogen and oxygen atoms in total. The molecule has 18 heavy (non-hydrogen) atoms. The summed E-state index contributed by atoms with van der Waals surface area (Å²) in [4.78, 5) is -0.00249. The van der Waals surface area contributed by atoms with E-state index in [1.165, 1.54) is 24.4 Å². The van der Waals surface area contributed by atoms with Crippen molar-refractivity contribution in [2.75, 3.05) is 5.73 Å². The Bertz CT molecular complexity index is 637. The molecule has 5 N–H and O–H groups in total. The molecule has 8 heteroatoms. The van der Waals surface area contributed by atoms with Crippen LogP contribution in [0.25, 0.3) is 0 Å². The lowest BCUT2D eigenvalue weighted by atomic mass is 10.3. The molecule has 2 rings (SSSR count). The van der Waals surface area contributed by atoms with E-state index in [1.807, 2.05) is 0 Å². The number of phenolic OH excluding ortho intramolecular Hbond substituents is 1. The van der Waals surface area contributed by atoms with Crippen molar-refractivity contribution in [1.82, 2.24) is 14.9 Å². The number of H-pyrrole nitrogens is 1. The highest BCUT2D eigenvalue weighted by Gasteiger charge is 2.15. The predicted molar refractivity (Wildman–Crippen MR) is 65.1 cm³/mol. The molecular weight excluding hydrogens is 256 g/mol. The number of aromatic amines is 1. The Balaban J connectivity index is 2.17. The zero-order valence-corrected chi connectivity index (χ0v) is 10.1. The first-order chi connectivity index (χ1) is 8.49. The SMILES string of the molecule is Nc1cc(S(=O)(=O)NCc2ccn[nH]2)ccc1O. The second kappa shape index (κ2) is 4.67. The zero-order valence-electron chi connectivity index (χ0n) is 9.29. The molecule has 0 atom stereocenters. The Kier molecular flexibility index (Phi) is 3.21. The van der Waals surface area contributed by atoms with Gasteiger partial charge in [0.2, 0.25) is 10.0 Å².